The highest BCUT2D eigenvalue weighted by molar-refractivity contribution is 7.89. The molecular formula is C15H17ClN2O2S. The molecule has 0 atom stereocenters. The molecule has 0 aliphatic rings. The van der Waals surface area contributed by atoms with Crippen LogP contribution in [0.2, 0.25) is 5.02 Å². The third kappa shape index (κ3) is 3.75. The predicted molar refractivity (Wildman–Crippen MR) is 86.1 cm³/mol. The first kappa shape index (κ1) is 15.8. The van der Waals surface area contributed by atoms with Gasteiger partial charge in [0.2, 0.25) is 10.0 Å². The average Bonchev–Trinajstić information content (AvgIpc) is 2.46. The quantitative estimate of drug-likeness (QED) is 0.918. The van der Waals surface area contributed by atoms with E-state index >= 15 is 0 Å². The van der Waals surface area contributed by atoms with Crippen LogP contribution in [-0.4, -0.2) is 26.8 Å². The molecule has 0 unspecified atom stereocenters. The molecule has 0 saturated carbocycles. The van der Waals surface area contributed by atoms with Crippen LogP contribution in [0, 0.1) is 0 Å². The van der Waals surface area contributed by atoms with Crippen molar-refractivity contribution in [2.75, 3.05) is 19.4 Å². The van der Waals surface area contributed by atoms with Crippen LogP contribution >= 0.6 is 11.6 Å². The molecule has 0 radical (unpaired) electrons. The molecule has 0 aromatic heterocycles. The molecule has 6 heteroatoms. The molecule has 0 fully saturated rings. The first-order valence-corrected chi connectivity index (χ1v) is 8.23. The summed E-state index contributed by atoms with van der Waals surface area (Å²) < 4.78 is 25.1. The van der Waals surface area contributed by atoms with E-state index in [1.54, 1.807) is 24.3 Å². The fourth-order valence-corrected chi connectivity index (χ4v) is 2.90. The Morgan fingerprint density at radius 1 is 1.05 bits per heavy atom. The van der Waals surface area contributed by atoms with Gasteiger partial charge < -0.3 is 5.32 Å². The van der Waals surface area contributed by atoms with Gasteiger partial charge in [0.05, 0.1) is 4.90 Å². The SMILES string of the molecule is CN(C)S(=O)(=O)c1ccc(NCc2ccccc2Cl)cc1. The highest BCUT2D eigenvalue weighted by Gasteiger charge is 2.16. The van der Waals surface area contributed by atoms with Crippen molar-refractivity contribution < 1.29 is 8.42 Å². The Hall–Kier alpha value is -1.56. The first-order chi connectivity index (χ1) is 9.91. The summed E-state index contributed by atoms with van der Waals surface area (Å²) in [7, 11) is -0.357. The number of hydrogen-bond donors (Lipinski definition) is 1. The zero-order valence-corrected chi connectivity index (χ0v) is 13.4. The molecule has 0 bridgehead atoms. The maximum Gasteiger partial charge on any atom is 0.242 e. The fourth-order valence-electron chi connectivity index (χ4n) is 1.79. The lowest BCUT2D eigenvalue weighted by molar-refractivity contribution is 0.521. The zero-order chi connectivity index (χ0) is 15.5. The van der Waals surface area contributed by atoms with Crippen LogP contribution in [0.4, 0.5) is 5.69 Å². The van der Waals surface area contributed by atoms with Crippen LogP contribution in [0.15, 0.2) is 53.4 Å². The van der Waals surface area contributed by atoms with Crippen LogP contribution in [0.1, 0.15) is 5.56 Å². The van der Waals surface area contributed by atoms with Crippen molar-refractivity contribution in [3.8, 4) is 0 Å². The van der Waals surface area contributed by atoms with Crippen molar-refractivity contribution in [1.29, 1.82) is 0 Å². The van der Waals surface area contributed by atoms with Gasteiger partial charge in [-0.3, -0.25) is 0 Å². The van der Waals surface area contributed by atoms with Crippen molar-refractivity contribution in [2.24, 2.45) is 0 Å². The van der Waals surface area contributed by atoms with Gasteiger partial charge in [0.1, 0.15) is 0 Å². The summed E-state index contributed by atoms with van der Waals surface area (Å²) in [5, 5.41) is 3.92. The first-order valence-electron chi connectivity index (χ1n) is 6.41. The van der Waals surface area contributed by atoms with E-state index in [2.05, 4.69) is 5.32 Å². The van der Waals surface area contributed by atoms with Gasteiger partial charge >= 0.3 is 0 Å². The molecule has 0 heterocycles. The summed E-state index contributed by atoms with van der Waals surface area (Å²) in [6, 6.07) is 14.3. The van der Waals surface area contributed by atoms with Gasteiger partial charge in [0.15, 0.2) is 0 Å². The van der Waals surface area contributed by atoms with Gasteiger partial charge in [-0.05, 0) is 35.9 Å². The van der Waals surface area contributed by atoms with Gasteiger partial charge in [-0.15, -0.1) is 0 Å². The van der Waals surface area contributed by atoms with E-state index in [4.69, 9.17) is 11.6 Å². The van der Waals surface area contributed by atoms with E-state index in [1.165, 1.54) is 18.4 Å². The summed E-state index contributed by atoms with van der Waals surface area (Å²) >= 11 is 6.09. The summed E-state index contributed by atoms with van der Waals surface area (Å²) in [5.41, 5.74) is 1.83. The molecule has 0 aliphatic heterocycles. The van der Waals surface area contributed by atoms with E-state index in [-0.39, 0.29) is 4.90 Å². The second-order valence-corrected chi connectivity index (χ2v) is 7.32. The molecule has 2 aromatic carbocycles. The van der Waals surface area contributed by atoms with Gasteiger partial charge in [-0.1, -0.05) is 29.8 Å². The van der Waals surface area contributed by atoms with Gasteiger partial charge in [-0.2, -0.15) is 0 Å². The van der Waals surface area contributed by atoms with Gasteiger partial charge in [-0.25, -0.2) is 12.7 Å². The minimum absolute atomic E-state index is 0.274. The lowest BCUT2D eigenvalue weighted by atomic mass is 10.2. The number of anilines is 1. The maximum absolute atomic E-state index is 12.0. The third-order valence-corrected chi connectivity index (χ3v) is 5.27. The molecule has 0 spiro atoms. The average molecular weight is 325 g/mol. The summed E-state index contributed by atoms with van der Waals surface area (Å²) in [4.78, 5) is 0.274. The number of benzene rings is 2. The topological polar surface area (TPSA) is 49.4 Å². The number of sulfonamides is 1. The molecule has 112 valence electrons. The maximum atomic E-state index is 12.0. The highest BCUT2D eigenvalue weighted by Crippen LogP contribution is 2.19. The minimum atomic E-state index is -3.38. The molecule has 4 nitrogen and oxygen atoms in total. The minimum Gasteiger partial charge on any atom is -0.381 e. The summed E-state index contributed by atoms with van der Waals surface area (Å²) in [6.07, 6.45) is 0. The number of nitrogens with one attached hydrogen (secondary N) is 1. The van der Waals surface area contributed by atoms with Gasteiger partial charge in [0.25, 0.3) is 0 Å². The number of hydrogen-bond acceptors (Lipinski definition) is 3. The Morgan fingerprint density at radius 3 is 2.24 bits per heavy atom. The summed E-state index contributed by atoms with van der Waals surface area (Å²) in [6.45, 7) is 0.583. The van der Waals surface area contributed by atoms with Crippen LogP contribution in [0.25, 0.3) is 0 Å². The van der Waals surface area contributed by atoms with Crippen LogP contribution in [0.5, 0.6) is 0 Å². The van der Waals surface area contributed by atoms with E-state index in [9.17, 15) is 8.42 Å². The van der Waals surface area contributed by atoms with Crippen LogP contribution in [0.3, 0.4) is 0 Å². The molecule has 0 aliphatic carbocycles. The Kier molecular flexibility index (Phi) is 4.88. The van der Waals surface area contributed by atoms with E-state index < -0.39 is 10.0 Å². The molecule has 2 aromatic rings. The normalized spacial score (nSPS) is 11.6. The van der Waals surface area contributed by atoms with Crippen LogP contribution < -0.4 is 5.32 Å². The fraction of sp³-hybridized carbons (Fsp3) is 0.200. The highest BCUT2D eigenvalue weighted by atomic mass is 35.5. The standard InChI is InChI=1S/C15H17ClN2O2S/c1-18(2)21(19,20)14-9-7-13(8-10-14)17-11-12-5-3-4-6-15(12)16/h3-10,17H,11H2,1-2H3. The van der Waals surface area contributed by atoms with Crippen LogP contribution in [-0.2, 0) is 16.6 Å². The van der Waals surface area contributed by atoms with Crippen molar-refractivity contribution in [2.45, 2.75) is 11.4 Å². The molecule has 1 N–H and O–H groups in total. The second kappa shape index (κ2) is 6.47. The lowest BCUT2D eigenvalue weighted by Crippen LogP contribution is -2.22. The molecule has 21 heavy (non-hydrogen) atoms. The van der Waals surface area contributed by atoms with E-state index in [0.717, 1.165) is 11.3 Å². The predicted octanol–water partition coefficient (Wildman–Crippen LogP) is 3.20. The number of nitrogens with zero attached hydrogens (tertiary/aromatic N) is 1. The molecule has 0 amide bonds. The number of halogens is 1. The number of rotatable bonds is 5. The Morgan fingerprint density at radius 2 is 1.67 bits per heavy atom. The lowest BCUT2D eigenvalue weighted by Gasteiger charge is -2.12. The smallest absolute Gasteiger partial charge is 0.242 e. The third-order valence-electron chi connectivity index (χ3n) is 3.07. The van der Waals surface area contributed by atoms with Crippen molar-refractivity contribution in [3.63, 3.8) is 0 Å². The van der Waals surface area contributed by atoms with Gasteiger partial charge in [0, 0.05) is 31.4 Å². The molecule has 2 rings (SSSR count). The Bertz CT molecular complexity index is 713. The second-order valence-electron chi connectivity index (χ2n) is 4.76. The summed E-state index contributed by atoms with van der Waals surface area (Å²) in [5.74, 6) is 0. The van der Waals surface area contributed by atoms with E-state index in [0.29, 0.717) is 11.6 Å². The van der Waals surface area contributed by atoms with E-state index in [1.807, 2.05) is 24.3 Å². The Labute approximate surface area is 130 Å². The molecule has 0 saturated heterocycles. The van der Waals surface area contributed by atoms with Crippen molar-refractivity contribution >= 4 is 27.3 Å². The van der Waals surface area contributed by atoms with Crippen molar-refractivity contribution in [3.05, 3.63) is 59.1 Å². The Balaban J connectivity index is 2.09. The van der Waals surface area contributed by atoms with Crippen molar-refractivity contribution in [1.82, 2.24) is 4.31 Å². The largest absolute Gasteiger partial charge is 0.381 e. The monoisotopic (exact) mass is 324 g/mol. The zero-order valence-electron chi connectivity index (χ0n) is 11.9. The molecular weight excluding hydrogens is 308 g/mol.